The summed E-state index contributed by atoms with van der Waals surface area (Å²) >= 11 is 1.51. The van der Waals surface area contributed by atoms with Crippen LogP contribution < -0.4 is 5.32 Å². The van der Waals surface area contributed by atoms with Crippen LogP contribution in [-0.4, -0.2) is 41.4 Å². The van der Waals surface area contributed by atoms with Crippen molar-refractivity contribution in [3.05, 3.63) is 41.2 Å². The third-order valence-corrected chi connectivity index (χ3v) is 3.92. The number of rotatable bonds is 6. The van der Waals surface area contributed by atoms with E-state index in [2.05, 4.69) is 15.3 Å². The van der Waals surface area contributed by atoms with E-state index in [1.807, 2.05) is 31.6 Å². The molecule has 2 aromatic rings. The van der Waals surface area contributed by atoms with Gasteiger partial charge in [0.1, 0.15) is 0 Å². The lowest BCUT2D eigenvalue weighted by Crippen LogP contribution is -2.30. The van der Waals surface area contributed by atoms with Crippen LogP contribution >= 0.6 is 11.3 Å². The number of thiazole rings is 1. The van der Waals surface area contributed by atoms with E-state index in [9.17, 15) is 4.79 Å². The van der Waals surface area contributed by atoms with E-state index in [0.29, 0.717) is 13.0 Å². The molecule has 5 nitrogen and oxygen atoms in total. The second-order valence-corrected chi connectivity index (χ2v) is 5.35. The molecule has 0 aromatic carbocycles. The Kier molecular flexibility index (Phi) is 5.06. The van der Waals surface area contributed by atoms with Gasteiger partial charge in [0.25, 0.3) is 0 Å². The van der Waals surface area contributed by atoms with E-state index in [1.165, 1.54) is 16.9 Å². The van der Waals surface area contributed by atoms with E-state index in [-0.39, 0.29) is 5.91 Å². The van der Waals surface area contributed by atoms with Crippen LogP contribution in [0.3, 0.4) is 0 Å². The van der Waals surface area contributed by atoms with Crippen LogP contribution in [0.25, 0.3) is 0 Å². The Hall–Kier alpha value is -1.95. The van der Waals surface area contributed by atoms with Crippen LogP contribution in [0.15, 0.2) is 29.9 Å². The van der Waals surface area contributed by atoms with Gasteiger partial charge in [-0.05, 0) is 24.1 Å². The first kappa shape index (κ1) is 14.5. The number of amides is 1. The lowest BCUT2D eigenvalue weighted by atomic mass is 10.2. The number of hydrogen-bond acceptors (Lipinski definition) is 5. The van der Waals surface area contributed by atoms with Crippen LogP contribution in [0.5, 0.6) is 0 Å². The maximum Gasteiger partial charge on any atom is 0.228 e. The van der Waals surface area contributed by atoms with Gasteiger partial charge in [-0.1, -0.05) is 0 Å². The van der Waals surface area contributed by atoms with Crippen molar-refractivity contribution in [1.29, 1.82) is 0 Å². The number of pyridine rings is 1. The number of hydrogen-bond donors (Lipinski definition) is 1. The predicted molar refractivity (Wildman–Crippen MR) is 80.9 cm³/mol. The van der Waals surface area contributed by atoms with Crippen molar-refractivity contribution in [3.63, 3.8) is 0 Å². The molecule has 0 radical (unpaired) electrons. The largest absolute Gasteiger partial charge is 0.365 e. The summed E-state index contributed by atoms with van der Waals surface area (Å²) in [6.45, 7) is 0.700. The minimum absolute atomic E-state index is 0.0898. The molecule has 0 aliphatic rings. The lowest BCUT2D eigenvalue weighted by Gasteiger charge is -2.16. The molecule has 0 aliphatic carbocycles. The topological polar surface area (TPSA) is 58.1 Å². The zero-order chi connectivity index (χ0) is 14.4. The summed E-state index contributed by atoms with van der Waals surface area (Å²) in [5.74, 6) is 0.0898. The van der Waals surface area contributed by atoms with E-state index in [1.54, 1.807) is 17.3 Å². The molecule has 0 aliphatic heterocycles. The molecule has 106 valence electrons. The molecular weight excluding hydrogens is 272 g/mol. The number of nitrogens with one attached hydrogen (secondary N) is 1. The van der Waals surface area contributed by atoms with Gasteiger partial charge in [-0.25, -0.2) is 4.98 Å². The maximum absolute atomic E-state index is 12.1. The summed E-state index contributed by atoms with van der Waals surface area (Å²) in [4.78, 5) is 22.1. The fourth-order valence-electron chi connectivity index (χ4n) is 1.76. The molecule has 0 fully saturated rings. The quantitative estimate of drug-likeness (QED) is 0.881. The molecule has 0 saturated heterocycles. The highest BCUT2D eigenvalue weighted by Crippen LogP contribution is 2.15. The normalized spacial score (nSPS) is 10.3. The summed E-state index contributed by atoms with van der Waals surface area (Å²) in [5, 5.41) is 5.73. The lowest BCUT2D eigenvalue weighted by molar-refractivity contribution is -0.129. The van der Waals surface area contributed by atoms with E-state index < -0.39 is 0 Å². The summed E-state index contributed by atoms with van der Waals surface area (Å²) in [6, 6.07) is 3.94. The first-order valence-corrected chi connectivity index (χ1v) is 7.32. The third-order valence-electron chi connectivity index (χ3n) is 3.01. The second kappa shape index (κ2) is 7.00. The van der Waals surface area contributed by atoms with Crippen molar-refractivity contribution in [2.45, 2.75) is 12.8 Å². The fraction of sp³-hybridized carbons (Fsp3) is 0.357. The molecule has 2 heterocycles. The van der Waals surface area contributed by atoms with Crippen molar-refractivity contribution < 1.29 is 4.79 Å². The molecular formula is C14H18N4OS. The average Bonchev–Trinajstić information content (AvgIpc) is 2.93. The third kappa shape index (κ3) is 4.03. The molecule has 0 unspecified atom stereocenters. The SMILES string of the molecule is CNc1nc(CC(=O)N(C)CCc2ccncc2)cs1. The van der Waals surface area contributed by atoms with Gasteiger partial charge >= 0.3 is 0 Å². The Labute approximate surface area is 122 Å². The second-order valence-electron chi connectivity index (χ2n) is 4.49. The molecule has 1 amide bonds. The Morgan fingerprint density at radius 1 is 1.40 bits per heavy atom. The first-order valence-electron chi connectivity index (χ1n) is 6.44. The summed E-state index contributed by atoms with van der Waals surface area (Å²) in [6.07, 6.45) is 4.73. The Morgan fingerprint density at radius 2 is 2.15 bits per heavy atom. The number of likely N-dealkylation sites (N-methyl/N-ethyl adjacent to an activating group) is 1. The van der Waals surface area contributed by atoms with Crippen molar-refractivity contribution in [3.8, 4) is 0 Å². The zero-order valence-electron chi connectivity index (χ0n) is 11.7. The summed E-state index contributed by atoms with van der Waals surface area (Å²) in [7, 11) is 3.65. The highest BCUT2D eigenvalue weighted by Gasteiger charge is 2.11. The Morgan fingerprint density at radius 3 is 2.80 bits per heavy atom. The maximum atomic E-state index is 12.1. The number of nitrogens with zero attached hydrogens (tertiary/aromatic N) is 3. The van der Waals surface area contributed by atoms with Crippen molar-refractivity contribution in [1.82, 2.24) is 14.9 Å². The van der Waals surface area contributed by atoms with Crippen LogP contribution in [-0.2, 0) is 17.6 Å². The predicted octanol–water partition coefficient (Wildman–Crippen LogP) is 1.82. The molecule has 0 saturated carbocycles. The van der Waals surface area contributed by atoms with Crippen LogP contribution in [0.4, 0.5) is 5.13 Å². The van der Waals surface area contributed by atoms with Crippen LogP contribution in [0, 0.1) is 0 Å². The van der Waals surface area contributed by atoms with Crippen molar-refractivity contribution >= 4 is 22.4 Å². The number of carbonyl (C=O) groups excluding carboxylic acids is 1. The van der Waals surface area contributed by atoms with Crippen molar-refractivity contribution in [2.24, 2.45) is 0 Å². The van der Waals surface area contributed by atoms with Crippen molar-refractivity contribution in [2.75, 3.05) is 26.0 Å². The minimum atomic E-state index is 0.0898. The van der Waals surface area contributed by atoms with Gasteiger partial charge < -0.3 is 10.2 Å². The molecule has 6 heteroatoms. The standard InChI is InChI=1S/C14H18N4OS/c1-15-14-17-12(10-20-14)9-13(19)18(2)8-5-11-3-6-16-7-4-11/h3-4,6-7,10H,5,8-9H2,1-2H3,(H,15,17). The molecule has 2 aromatic heterocycles. The van der Waals surface area contributed by atoms with Gasteiger partial charge in [0.05, 0.1) is 12.1 Å². The summed E-state index contributed by atoms with van der Waals surface area (Å²) < 4.78 is 0. The number of anilines is 1. The smallest absolute Gasteiger partial charge is 0.228 e. The highest BCUT2D eigenvalue weighted by molar-refractivity contribution is 7.13. The summed E-state index contributed by atoms with van der Waals surface area (Å²) in [5.41, 5.74) is 2.01. The van der Waals surface area contributed by atoms with Gasteiger partial charge in [-0.15, -0.1) is 11.3 Å². The van der Waals surface area contributed by atoms with E-state index >= 15 is 0 Å². The van der Waals surface area contributed by atoms with Gasteiger partial charge in [-0.3, -0.25) is 9.78 Å². The van der Waals surface area contributed by atoms with Gasteiger partial charge in [0.15, 0.2) is 5.13 Å². The van der Waals surface area contributed by atoms with E-state index in [4.69, 9.17) is 0 Å². The van der Waals surface area contributed by atoms with Crippen LogP contribution in [0.1, 0.15) is 11.3 Å². The molecule has 1 N–H and O–H groups in total. The molecule has 0 atom stereocenters. The molecule has 0 spiro atoms. The molecule has 0 bridgehead atoms. The highest BCUT2D eigenvalue weighted by atomic mass is 32.1. The van der Waals surface area contributed by atoms with E-state index in [0.717, 1.165) is 17.2 Å². The van der Waals surface area contributed by atoms with Gasteiger partial charge in [0.2, 0.25) is 5.91 Å². The first-order chi connectivity index (χ1) is 9.69. The zero-order valence-corrected chi connectivity index (χ0v) is 12.5. The van der Waals surface area contributed by atoms with Gasteiger partial charge in [-0.2, -0.15) is 0 Å². The fourth-order valence-corrected chi connectivity index (χ4v) is 2.44. The Bertz CT molecular complexity index is 555. The number of carbonyl (C=O) groups is 1. The average molecular weight is 290 g/mol. The molecule has 2 rings (SSSR count). The molecule has 20 heavy (non-hydrogen) atoms. The van der Waals surface area contributed by atoms with Gasteiger partial charge in [0, 0.05) is 38.4 Å². The number of aromatic nitrogens is 2. The monoisotopic (exact) mass is 290 g/mol. The van der Waals surface area contributed by atoms with Crippen LogP contribution in [0.2, 0.25) is 0 Å². The Balaban J connectivity index is 1.82. The minimum Gasteiger partial charge on any atom is -0.365 e.